The van der Waals surface area contributed by atoms with Crippen LogP contribution in [0.5, 0.6) is 0 Å². The zero-order chi connectivity index (χ0) is 15.5. The largest absolute Gasteiger partial charge is 0.385 e. The molecule has 0 spiro atoms. The number of nitrogens with zero attached hydrogens (tertiary/aromatic N) is 1. The molecule has 2 amide bonds. The molecule has 2 N–H and O–H groups in total. The predicted octanol–water partition coefficient (Wildman–Crippen LogP) is 2.06. The van der Waals surface area contributed by atoms with E-state index < -0.39 is 0 Å². The van der Waals surface area contributed by atoms with Gasteiger partial charge in [0, 0.05) is 37.9 Å². The first-order valence-electron chi connectivity index (χ1n) is 8.07. The van der Waals surface area contributed by atoms with E-state index in [1.165, 1.54) is 0 Å². The molecule has 3 rings (SSSR count). The van der Waals surface area contributed by atoms with E-state index in [0.717, 1.165) is 55.6 Å². The highest BCUT2D eigenvalue weighted by molar-refractivity contribution is 5.97. The molecule has 5 nitrogen and oxygen atoms in total. The van der Waals surface area contributed by atoms with Crippen LogP contribution >= 0.6 is 12.4 Å². The van der Waals surface area contributed by atoms with Gasteiger partial charge >= 0.3 is 0 Å². The number of halogens is 1. The van der Waals surface area contributed by atoms with Crippen LogP contribution in [0.3, 0.4) is 0 Å². The number of piperidine rings is 1. The van der Waals surface area contributed by atoms with Crippen LogP contribution < -0.4 is 10.6 Å². The second kappa shape index (κ2) is 7.68. The quantitative estimate of drug-likeness (QED) is 0.868. The summed E-state index contributed by atoms with van der Waals surface area (Å²) in [5, 5.41) is 6.06. The number of anilines is 1. The Labute approximate surface area is 143 Å². The summed E-state index contributed by atoms with van der Waals surface area (Å²) in [5.41, 5.74) is 3.00. The second-order valence-corrected chi connectivity index (χ2v) is 6.07. The Kier molecular flexibility index (Phi) is 5.88. The lowest BCUT2D eigenvalue weighted by molar-refractivity contribution is -0.125. The van der Waals surface area contributed by atoms with Gasteiger partial charge in [0.05, 0.1) is 5.92 Å². The van der Waals surface area contributed by atoms with E-state index >= 15 is 0 Å². The summed E-state index contributed by atoms with van der Waals surface area (Å²) in [4.78, 5) is 26.6. The van der Waals surface area contributed by atoms with Crippen LogP contribution in [0.15, 0.2) is 18.2 Å². The standard InChI is InChI=1S/C17H23N3O2.ClH/c1-18-16(21)12-5-4-10-20(11-12)17(22)14-6-2-8-15-13(14)7-3-9-19-15;/h2,6,8,12,19H,3-5,7,9-11H2,1H3,(H,18,21);1H. The summed E-state index contributed by atoms with van der Waals surface area (Å²) in [7, 11) is 1.66. The zero-order valence-corrected chi connectivity index (χ0v) is 14.2. The minimum atomic E-state index is -0.0830. The van der Waals surface area contributed by atoms with Gasteiger partial charge in [-0.25, -0.2) is 0 Å². The third kappa shape index (κ3) is 3.61. The molecular formula is C17H24ClN3O2. The third-order valence-electron chi connectivity index (χ3n) is 4.65. The number of amides is 2. The highest BCUT2D eigenvalue weighted by Crippen LogP contribution is 2.27. The van der Waals surface area contributed by atoms with E-state index in [4.69, 9.17) is 0 Å². The van der Waals surface area contributed by atoms with E-state index in [1.54, 1.807) is 7.05 Å². The van der Waals surface area contributed by atoms with Crippen molar-refractivity contribution in [2.75, 3.05) is 32.0 Å². The molecule has 1 aromatic carbocycles. The van der Waals surface area contributed by atoms with Gasteiger partial charge in [0.2, 0.25) is 5.91 Å². The molecule has 6 heteroatoms. The molecule has 0 aromatic heterocycles. The fourth-order valence-electron chi connectivity index (χ4n) is 3.46. The first-order chi connectivity index (χ1) is 10.7. The molecule has 126 valence electrons. The summed E-state index contributed by atoms with van der Waals surface area (Å²) in [6, 6.07) is 5.89. The Hall–Kier alpha value is -1.75. The fraction of sp³-hybridized carbons (Fsp3) is 0.529. The SMILES string of the molecule is CNC(=O)C1CCCN(C(=O)c2cccc3c2CCCN3)C1.Cl. The maximum atomic E-state index is 12.9. The number of hydrogen-bond acceptors (Lipinski definition) is 3. The average molecular weight is 338 g/mol. The van der Waals surface area contributed by atoms with Gasteiger partial charge in [0.1, 0.15) is 0 Å². The molecule has 1 atom stereocenters. The molecule has 2 heterocycles. The van der Waals surface area contributed by atoms with Gasteiger partial charge in [-0.15, -0.1) is 12.4 Å². The lowest BCUT2D eigenvalue weighted by atomic mass is 9.94. The fourth-order valence-corrected chi connectivity index (χ4v) is 3.46. The Morgan fingerprint density at radius 1 is 1.30 bits per heavy atom. The van der Waals surface area contributed by atoms with Crippen molar-refractivity contribution in [3.8, 4) is 0 Å². The van der Waals surface area contributed by atoms with E-state index in [2.05, 4.69) is 10.6 Å². The number of hydrogen-bond donors (Lipinski definition) is 2. The first kappa shape index (κ1) is 17.6. The number of benzene rings is 1. The van der Waals surface area contributed by atoms with E-state index in [1.807, 2.05) is 23.1 Å². The second-order valence-electron chi connectivity index (χ2n) is 6.07. The normalized spacial score (nSPS) is 19.9. The van der Waals surface area contributed by atoms with Crippen LogP contribution in [0, 0.1) is 5.92 Å². The van der Waals surface area contributed by atoms with Crippen LogP contribution in [-0.2, 0) is 11.2 Å². The molecule has 1 aromatic rings. The van der Waals surface area contributed by atoms with Crippen molar-refractivity contribution in [2.24, 2.45) is 5.92 Å². The van der Waals surface area contributed by atoms with Crippen molar-refractivity contribution in [1.29, 1.82) is 0 Å². The minimum Gasteiger partial charge on any atom is -0.385 e. The summed E-state index contributed by atoms with van der Waals surface area (Å²) < 4.78 is 0. The van der Waals surface area contributed by atoms with E-state index in [9.17, 15) is 9.59 Å². The van der Waals surface area contributed by atoms with Gasteiger partial charge in [0.15, 0.2) is 0 Å². The molecule has 1 unspecified atom stereocenters. The van der Waals surface area contributed by atoms with Gasteiger partial charge in [-0.05, 0) is 43.4 Å². The molecule has 0 bridgehead atoms. The van der Waals surface area contributed by atoms with Crippen LogP contribution in [0.1, 0.15) is 35.2 Å². The summed E-state index contributed by atoms with van der Waals surface area (Å²) in [6.07, 6.45) is 3.74. The zero-order valence-electron chi connectivity index (χ0n) is 13.4. The number of carbonyl (C=O) groups excluding carboxylic acids is 2. The monoisotopic (exact) mass is 337 g/mol. The van der Waals surface area contributed by atoms with Crippen molar-refractivity contribution in [1.82, 2.24) is 10.2 Å². The van der Waals surface area contributed by atoms with Crippen LogP contribution in [-0.4, -0.2) is 43.4 Å². The van der Waals surface area contributed by atoms with Crippen molar-refractivity contribution in [3.05, 3.63) is 29.3 Å². The smallest absolute Gasteiger partial charge is 0.254 e. The van der Waals surface area contributed by atoms with E-state index in [-0.39, 0.29) is 30.1 Å². The number of nitrogens with one attached hydrogen (secondary N) is 2. The minimum absolute atomic E-state index is 0. The Bertz CT molecular complexity index is 591. The first-order valence-corrected chi connectivity index (χ1v) is 8.07. The Morgan fingerprint density at radius 2 is 2.13 bits per heavy atom. The van der Waals surface area contributed by atoms with Gasteiger partial charge in [-0.3, -0.25) is 9.59 Å². The van der Waals surface area contributed by atoms with Crippen molar-refractivity contribution in [3.63, 3.8) is 0 Å². The van der Waals surface area contributed by atoms with Crippen LogP contribution in [0.2, 0.25) is 0 Å². The van der Waals surface area contributed by atoms with E-state index in [0.29, 0.717) is 6.54 Å². The van der Waals surface area contributed by atoms with Gasteiger partial charge in [0.25, 0.3) is 5.91 Å². The van der Waals surface area contributed by atoms with Gasteiger partial charge in [-0.1, -0.05) is 6.07 Å². The predicted molar refractivity (Wildman–Crippen MR) is 93.2 cm³/mol. The Morgan fingerprint density at radius 3 is 2.91 bits per heavy atom. The maximum Gasteiger partial charge on any atom is 0.254 e. The molecular weight excluding hydrogens is 314 g/mol. The summed E-state index contributed by atoms with van der Waals surface area (Å²) >= 11 is 0. The molecule has 23 heavy (non-hydrogen) atoms. The summed E-state index contributed by atoms with van der Waals surface area (Å²) in [5.74, 6) is 0.0174. The summed E-state index contributed by atoms with van der Waals surface area (Å²) in [6.45, 7) is 2.23. The molecule has 1 fully saturated rings. The average Bonchev–Trinajstić information content (AvgIpc) is 2.60. The van der Waals surface area contributed by atoms with Crippen LogP contribution in [0.4, 0.5) is 5.69 Å². The van der Waals surface area contributed by atoms with Crippen molar-refractivity contribution < 1.29 is 9.59 Å². The molecule has 0 radical (unpaired) electrons. The van der Waals surface area contributed by atoms with Gasteiger partial charge < -0.3 is 15.5 Å². The van der Waals surface area contributed by atoms with Crippen molar-refractivity contribution >= 4 is 29.9 Å². The van der Waals surface area contributed by atoms with Crippen LogP contribution in [0.25, 0.3) is 0 Å². The maximum absolute atomic E-state index is 12.9. The highest BCUT2D eigenvalue weighted by Gasteiger charge is 2.29. The Balaban J connectivity index is 0.00000192. The molecule has 1 saturated heterocycles. The lowest BCUT2D eigenvalue weighted by Gasteiger charge is -2.33. The number of fused-ring (bicyclic) bond motifs is 1. The highest BCUT2D eigenvalue weighted by atomic mass is 35.5. The molecule has 2 aliphatic heterocycles. The number of likely N-dealkylation sites (tertiary alicyclic amines) is 1. The third-order valence-corrected chi connectivity index (χ3v) is 4.65. The molecule has 2 aliphatic rings. The lowest BCUT2D eigenvalue weighted by Crippen LogP contribution is -2.45. The topological polar surface area (TPSA) is 61.4 Å². The van der Waals surface area contributed by atoms with Crippen molar-refractivity contribution in [2.45, 2.75) is 25.7 Å². The number of rotatable bonds is 2. The van der Waals surface area contributed by atoms with Gasteiger partial charge in [-0.2, -0.15) is 0 Å². The molecule has 0 saturated carbocycles. The number of carbonyl (C=O) groups is 2. The molecule has 0 aliphatic carbocycles.